The van der Waals surface area contributed by atoms with E-state index in [2.05, 4.69) is 0 Å². The van der Waals surface area contributed by atoms with Crippen LogP contribution >= 0.6 is 0 Å². The first-order chi connectivity index (χ1) is 10.2. The highest BCUT2D eigenvalue weighted by Crippen LogP contribution is 2.28. The highest BCUT2D eigenvalue weighted by Gasteiger charge is 2.15. The molecule has 0 aliphatic rings. The molecule has 0 heterocycles. The Morgan fingerprint density at radius 2 is 1.90 bits per heavy atom. The minimum atomic E-state index is -0.487. The van der Waals surface area contributed by atoms with E-state index in [4.69, 9.17) is 10.00 Å². The van der Waals surface area contributed by atoms with Crippen LogP contribution in [0.15, 0.2) is 48.5 Å². The highest BCUT2D eigenvalue weighted by molar-refractivity contribution is 5.49. The van der Waals surface area contributed by atoms with Crippen LogP contribution < -0.4 is 4.74 Å². The molecule has 2 aromatic rings. The third-order valence-electron chi connectivity index (χ3n) is 2.99. The van der Waals surface area contributed by atoms with Gasteiger partial charge in [-0.1, -0.05) is 36.4 Å². The van der Waals surface area contributed by atoms with Crippen LogP contribution in [0.25, 0.3) is 0 Å². The van der Waals surface area contributed by atoms with Gasteiger partial charge < -0.3 is 4.74 Å². The molecule has 0 aliphatic carbocycles. The maximum absolute atomic E-state index is 11.1. The Kier molecular flexibility index (Phi) is 4.89. The average Bonchev–Trinajstić information content (AvgIpc) is 2.49. The molecule has 2 aromatic carbocycles. The van der Waals surface area contributed by atoms with Crippen LogP contribution in [0.1, 0.15) is 11.1 Å². The largest absolute Gasteiger partial charge is 0.486 e. The fourth-order valence-corrected chi connectivity index (χ4v) is 1.95. The molecule has 0 spiro atoms. The Bertz CT molecular complexity index is 663. The van der Waals surface area contributed by atoms with Crippen molar-refractivity contribution in [2.75, 3.05) is 6.61 Å². The number of ether oxygens (including phenoxy) is 1. The van der Waals surface area contributed by atoms with Crippen LogP contribution in [0, 0.1) is 21.4 Å². The standard InChI is InChI=1S/C16H14N2O3/c17-10-8-14-6-7-16(15(12-14)18(19)20)21-11-9-13-4-2-1-3-5-13/h1-7,12H,8-9,11H2. The number of hydrogen-bond donors (Lipinski definition) is 0. The molecule has 0 fully saturated rings. The van der Waals surface area contributed by atoms with Gasteiger partial charge in [-0.15, -0.1) is 0 Å². The summed E-state index contributed by atoms with van der Waals surface area (Å²) in [5, 5.41) is 19.7. The lowest BCUT2D eigenvalue weighted by Gasteiger charge is -2.07. The SMILES string of the molecule is N#CCc1ccc(OCCc2ccccc2)c([N+](=O)[O-])c1. The van der Waals surface area contributed by atoms with Crippen molar-refractivity contribution >= 4 is 5.69 Å². The quantitative estimate of drug-likeness (QED) is 0.601. The van der Waals surface area contributed by atoms with E-state index in [1.807, 2.05) is 36.4 Å². The number of nitriles is 1. The van der Waals surface area contributed by atoms with Crippen molar-refractivity contribution in [1.29, 1.82) is 5.26 Å². The first-order valence-corrected chi connectivity index (χ1v) is 6.51. The van der Waals surface area contributed by atoms with Crippen LogP contribution in [0.5, 0.6) is 5.75 Å². The normalized spacial score (nSPS) is 9.86. The van der Waals surface area contributed by atoms with Crippen molar-refractivity contribution in [2.45, 2.75) is 12.8 Å². The van der Waals surface area contributed by atoms with Gasteiger partial charge in [0.15, 0.2) is 5.75 Å². The molecule has 0 bridgehead atoms. The minimum absolute atomic E-state index is 0.101. The van der Waals surface area contributed by atoms with E-state index >= 15 is 0 Å². The van der Waals surface area contributed by atoms with E-state index in [-0.39, 0.29) is 17.9 Å². The lowest BCUT2D eigenvalue weighted by atomic mass is 10.1. The summed E-state index contributed by atoms with van der Waals surface area (Å²) in [5.41, 5.74) is 1.62. The second-order valence-corrected chi connectivity index (χ2v) is 4.48. The second kappa shape index (κ2) is 7.06. The molecule has 0 radical (unpaired) electrons. The molecule has 0 saturated heterocycles. The van der Waals surface area contributed by atoms with E-state index in [0.717, 1.165) is 5.56 Å². The molecule has 5 heteroatoms. The predicted molar refractivity (Wildman–Crippen MR) is 78.1 cm³/mol. The van der Waals surface area contributed by atoms with E-state index in [1.165, 1.54) is 6.07 Å². The van der Waals surface area contributed by atoms with Gasteiger partial charge in [0, 0.05) is 12.5 Å². The Hall–Kier alpha value is -2.87. The molecular weight excluding hydrogens is 268 g/mol. The molecule has 0 N–H and O–H groups in total. The summed E-state index contributed by atoms with van der Waals surface area (Å²) >= 11 is 0. The Morgan fingerprint density at radius 3 is 2.57 bits per heavy atom. The molecule has 21 heavy (non-hydrogen) atoms. The van der Waals surface area contributed by atoms with Crippen molar-refractivity contribution in [3.05, 3.63) is 69.8 Å². The number of rotatable bonds is 6. The maximum atomic E-state index is 11.1. The summed E-state index contributed by atoms with van der Waals surface area (Å²) in [4.78, 5) is 10.6. The van der Waals surface area contributed by atoms with Gasteiger partial charge in [-0.3, -0.25) is 10.1 Å². The maximum Gasteiger partial charge on any atom is 0.311 e. The van der Waals surface area contributed by atoms with Gasteiger partial charge >= 0.3 is 5.69 Å². The lowest BCUT2D eigenvalue weighted by molar-refractivity contribution is -0.385. The smallest absolute Gasteiger partial charge is 0.311 e. The molecule has 5 nitrogen and oxygen atoms in total. The van der Waals surface area contributed by atoms with Crippen LogP contribution in [0.4, 0.5) is 5.69 Å². The molecular formula is C16H14N2O3. The summed E-state index contributed by atoms with van der Waals surface area (Å²) in [6.45, 7) is 0.364. The van der Waals surface area contributed by atoms with Crippen molar-refractivity contribution in [2.24, 2.45) is 0 Å². The molecule has 0 atom stereocenters. The first-order valence-electron chi connectivity index (χ1n) is 6.51. The fraction of sp³-hybridized carbons (Fsp3) is 0.188. The summed E-state index contributed by atoms with van der Waals surface area (Å²) in [7, 11) is 0. The zero-order valence-electron chi connectivity index (χ0n) is 11.4. The molecule has 106 valence electrons. The molecule has 0 unspecified atom stereocenters. The van der Waals surface area contributed by atoms with Gasteiger partial charge in [0.2, 0.25) is 0 Å². The summed E-state index contributed by atoms with van der Waals surface area (Å²) in [6, 6.07) is 16.4. The van der Waals surface area contributed by atoms with Crippen molar-refractivity contribution < 1.29 is 9.66 Å². The average molecular weight is 282 g/mol. The van der Waals surface area contributed by atoms with Gasteiger partial charge in [-0.05, 0) is 17.2 Å². The molecule has 2 rings (SSSR count). The summed E-state index contributed by atoms with van der Waals surface area (Å²) < 4.78 is 5.51. The lowest BCUT2D eigenvalue weighted by Crippen LogP contribution is -2.04. The topological polar surface area (TPSA) is 76.2 Å². The van der Waals surface area contributed by atoms with E-state index in [0.29, 0.717) is 18.6 Å². The van der Waals surface area contributed by atoms with Crippen molar-refractivity contribution in [3.63, 3.8) is 0 Å². The van der Waals surface area contributed by atoms with Crippen molar-refractivity contribution in [1.82, 2.24) is 0 Å². The number of nitrogens with zero attached hydrogens (tertiary/aromatic N) is 2. The van der Waals surface area contributed by atoms with Crippen LogP contribution in [-0.4, -0.2) is 11.5 Å². The second-order valence-electron chi connectivity index (χ2n) is 4.48. The van der Waals surface area contributed by atoms with Crippen molar-refractivity contribution in [3.8, 4) is 11.8 Å². The van der Waals surface area contributed by atoms with E-state index < -0.39 is 4.92 Å². The third kappa shape index (κ3) is 4.05. The first kappa shape index (κ1) is 14.5. The monoisotopic (exact) mass is 282 g/mol. The Labute approximate surface area is 122 Å². The van der Waals surface area contributed by atoms with Crippen LogP contribution in [0.3, 0.4) is 0 Å². The Balaban J connectivity index is 2.05. The fourth-order valence-electron chi connectivity index (χ4n) is 1.95. The van der Waals surface area contributed by atoms with Gasteiger partial charge in [0.1, 0.15) is 0 Å². The van der Waals surface area contributed by atoms with E-state index in [1.54, 1.807) is 12.1 Å². The van der Waals surface area contributed by atoms with Gasteiger partial charge in [0.25, 0.3) is 0 Å². The minimum Gasteiger partial charge on any atom is -0.486 e. The number of benzene rings is 2. The highest BCUT2D eigenvalue weighted by atomic mass is 16.6. The predicted octanol–water partition coefficient (Wildman–Crippen LogP) is 3.28. The zero-order chi connectivity index (χ0) is 15.1. The van der Waals surface area contributed by atoms with Crippen LogP contribution in [0.2, 0.25) is 0 Å². The third-order valence-corrected chi connectivity index (χ3v) is 2.99. The summed E-state index contributed by atoms with van der Waals surface area (Å²) in [6.07, 6.45) is 0.822. The molecule has 0 aromatic heterocycles. The zero-order valence-corrected chi connectivity index (χ0v) is 11.4. The molecule has 0 saturated carbocycles. The Morgan fingerprint density at radius 1 is 1.14 bits per heavy atom. The van der Waals surface area contributed by atoms with Gasteiger partial charge in [-0.25, -0.2) is 0 Å². The van der Waals surface area contributed by atoms with E-state index in [9.17, 15) is 10.1 Å². The number of hydrogen-bond acceptors (Lipinski definition) is 4. The van der Waals surface area contributed by atoms with Gasteiger partial charge in [0.05, 0.1) is 24.0 Å². The number of nitro groups is 1. The molecule has 0 amide bonds. The number of nitro benzene ring substituents is 1. The summed E-state index contributed by atoms with van der Waals surface area (Å²) in [5.74, 6) is 0.234. The van der Waals surface area contributed by atoms with Crippen LogP contribution in [-0.2, 0) is 12.8 Å². The molecule has 0 aliphatic heterocycles. The van der Waals surface area contributed by atoms with Gasteiger partial charge in [-0.2, -0.15) is 5.26 Å².